The van der Waals surface area contributed by atoms with Crippen LogP contribution in [-0.2, 0) is 9.53 Å². The van der Waals surface area contributed by atoms with E-state index in [9.17, 15) is 4.79 Å². The van der Waals surface area contributed by atoms with Crippen molar-refractivity contribution in [2.75, 3.05) is 19.0 Å². The summed E-state index contributed by atoms with van der Waals surface area (Å²) in [5.41, 5.74) is 0. The summed E-state index contributed by atoms with van der Waals surface area (Å²) >= 11 is 5.92. The summed E-state index contributed by atoms with van der Waals surface area (Å²) in [7, 11) is 0. The third-order valence-corrected chi connectivity index (χ3v) is 4.41. The standard InChI is InChI=1S/C13H22ClNO2/c14-8-10-3-1-4-11(10)9-15-13(16)7-12-5-2-6-17-12/h10-12H,1-9H2,(H,15,16). The summed E-state index contributed by atoms with van der Waals surface area (Å²) in [6.07, 6.45) is 6.48. The van der Waals surface area contributed by atoms with Crippen molar-refractivity contribution in [2.24, 2.45) is 11.8 Å². The van der Waals surface area contributed by atoms with Gasteiger partial charge in [-0.05, 0) is 37.5 Å². The van der Waals surface area contributed by atoms with Gasteiger partial charge in [0.2, 0.25) is 5.91 Å². The third kappa shape index (κ3) is 3.85. The van der Waals surface area contributed by atoms with Crippen molar-refractivity contribution in [3.63, 3.8) is 0 Å². The summed E-state index contributed by atoms with van der Waals surface area (Å²) in [5.74, 6) is 2.05. The van der Waals surface area contributed by atoms with Crippen LogP contribution in [0.25, 0.3) is 0 Å². The van der Waals surface area contributed by atoms with Gasteiger partial charge in [-0.3, -0.25) is 4.79 Å². The lowest BCUT2D eigenvalue weighted by Crippen LogP contribution is -2.33. The van der Waals surface area contributed by atoms with Gasteiger partial charge < -0.3 is 10.1 Å². The average molecular weight is 260 g/mol. The van der Waals surface area contributed by atoms with E-state index >= 15 is 0 Å². The lowest BCUT2D eigenvalue weighted by Gasteiger charge is -2.18. The normalized spacial score (nSPS) is 32.9. The fourth-order valence-electron chi connectivity index (χ4n) is 2.91. The molecule has 0 aromatic heterocycles. The number of hydrogen-bond donors (Lipinski definition) is 1. The molecule has 2 fully saturated rings. The fraction of sp³-hybridized carbons (Fsp3) is 0.923. The Labute approximate surface area is 108 Å². The minimum atomic E-state index is 0.136. The molecule has 1 N–H and O–H groups in total. The van der Waals surface area contributed by atoms with Crippen LogP contribution in [0, 0.1) is 11.8 Å². The van der Waals surface area contributed by atoms with Crippen molar-refractivity contribution in [1.82, 2.24) is 5.32 Å². The van der Waals surface area contributed by atoms with Crippen molar-refractivity contribution in [3.8, 4) is 0 Å². The number of halogens is 1. The number of hydrogen-bond acceptors (Lipinski definition) is 2. The number of amides is 1. The molecule has 1 saturated heterocycles. The molecule has 0 aromatic carbocycles. The zero-order valence-electron chi connectivity index (χ0n) is 10.3. The SMILES string of the molecule is O=C(CC1CCCO1)NCC1CCCC1CCl. The molecule has 4 heteroatoms. The van der Waals surface area contributed by atoms with Crippen LogP contribution in [0.15, 0.2) is 0 Å². The maximum Gasteiger partial charge on any atom is 0.222 e. The van der Waals surface area contributed by atoms with Crippen molar-refractivity contribution < 1.29 is 9.53 Å². The van der Waals surface area contributed by atoms with E-state index < -0.39 is 0 Å². The Bertz CT molecular complexity index is 254. The first-order chi connectivity index (χ1) is 8.29. The number of alkyl halides is 1. The summed E-state index contributed by atoms with van der Waals surface area (Å²) in [6.45, 7) is 1.61. The highest BCUT2D eigenvalue weighted by Crippen LogP contribution is 2.31. The van der Waals surface area contributed by atoms with Crippen LogP contribution >= 0.6 is 11.6 Å². The summed E-state index contributed by atoms with van der Waals surface area (Å²) in [4.78, 5) is 11.7. The van der Waals surface area contributed by atoms with E-state index in [2.05, 4.69) is 5.32 Å². The van der Waals surface area contributed by atoms with Crippen LogP contribution in [0.5, 0.6) is 0 Å². The molecule has 2 rings (SSSR count). The van der Waals surface area contributed by atoms with E-state index in [1.54, 1.807) is 0 Å². The van der Waals surface area contributed by atoms with Gasteiger partial charge >= 0.3 is 0 Å². The Morgan fingerprint density at radius 3 is 2.76 bits per heavy atom. The Kier molecular flexibility index (Phi) is 5.11. The molecule has 17 heavy (non-hydrogen) atoms. The van der Waals surface area contributed by atoms with Gasteiger partial charge in [-0.15, -0.1) is 11.6 Å². The second-order valence-electron chi connectivity index (χ2n) is 5.25. The molecule has 1 heterocycles. The van der Waals surface area contributed by atoms with Crippen molar-refractivity contribution in [3.05, 3.63) is 0 Å². The van der Waals surface area contributed by atoms with Crippen molar-refractivity contribution in [1.29, 1.82) is 0 Å². The first-order valence-corrected chi connectivity index (χ1v) is 7.27. The van der Waals surface area contributed by atoms with E-state index in [1.807, 2.05) is 0 Å². The monoisotopic (exact) mass is 259 g/mol. The number of rotatable bonds is 5. The molecule has 0 aromatic rings. The lowest BCUT2D eigenvalue weighted by molar-refractivity contribution is -0.123. The maximum atomic E-state index is 11.7. The molecule has 98 valence electrons. The quantitative estimate of drug-likeness (QED) is 0.770. The van der Waals surface area contributed by atoms with Gasteiger partial charge in [0.05, 0.1) is 12.5 Å². The predicted octanol–water partition coefficient (Wildman–Crippen LogP) is 2.33. The van der Waals surface area contributed by atoms with Crippen LogP contribution < -0.4 is 5.32 Å². The topological polar surface area (TPSA) is 38.3 Å². The number of nitrogens with one attached hydrogen (secondary N) is 1. The molecule has 1 saturated carbocycles. The molecule has 0 radical (unpaired) electrons. The van der Waals surface area contributed by atoms with Gasteiger partial charge in [0.1, 0.15) is 0 Å². The van der Waals surface area contributed by atoms with Crippen LogP contribution in [0.4, 0.5) is 0 Å². The van der Waals surface area contributed by atoms with Gasteiger partial charge in [0, 0.05) is 19.0 Å². The third-order valence-electron chi connectivity index (χ3n) is 4.01. The molecule has 1 aliphatic carbocycles. The maximum absolute atomic E-state index is 11.7. The smallest absolute Gasteiger partial charge is 0.222 e. The molecule has 1 amide bonds. The van der Waals surface area contributed by atoms with E-state index in [4.69, 9.17) is 16.3 Å². The molecule has 0 spiro atoms. The Morgan fingerprint density at radius 1 is 1.24 bits per heavy atom. The summed E-state index contributed by atoms with van der Waals surface area (Å²) < 4.78 is 5.46. The minimum absolute atomic E-state index is 0.136. The first-order valence-electron chi connectivity index (χ1n) is 6.74. The minimum Gasteiger partial charge on any atom is -0.378 e. The second-order valence-corrected chi connectivity index (χ2v) is 5.56. The van der Waals surface area contributed by atoms with Gasteiger partial charge in [-0.2, -0.15) is 0 Å². The zero-order valence-corrected chi connectivity index (χ0v) is 11.0. The molecule has 3 atom stereocenters. The van der Waals surface area contributed by atoms with Crippen LogP contribution in [0.2, 0.25) is 0 Å². The molecule has 3 unspecified atom stereocenters. The van der Waals surface area contributed by atoms with Gasteiger partial charge in [0.15, 0.2) is 0 Å². The van der Waals surface area contributed by atoms with Crippen LogP contribution in [0.1, 0.15) is 38.5 Å². The molecular weight excluding hydrogens is 238 g/mol. The van der Waals surface area contributed by atoms with Crippen molar-refractivity contribution >= 4 is 17.5 Å². The van der Waals surface area contributed by atoms with E-state index in [-0.39, 0.29) is 12.0 Å². The zero-order chi connectivity index (χ0) is 12.1. The van der Waals surface area contributed by atoms with Crippen LogP contribution in [-0.4, -0.2) is 31.0 Å². The molecule has 0 bridgehead atoms. The highest BCUT2D eigenvalue weighted by atomic mass is 35.5. The molecular formula is C13H22ClNO2. The fourth-order valence-corrected chi connectivity index (χ4v) is 3.32. The first kappa shape index (κ1) is 13.2. The van der Waals surface area contributed by atoms with Crippen LogP contribution in [0.3, 0.4) is 0 Å². The van der Waals surface area contributed by atoms with Crippen molar-refractivity contribution in [2.45, 2.75) is 44.6 Å². The highest BCUT2D eigenvalue weighted by molar-refractivity contribution is 6.18. The average Bonchev–Trinajstić information content (AvgIpc) is 2.96. The highest BCUT2D eigenvalue weighted by Gasteiger charge is 2.27. The van der Waals surface area contributed by atoms with E-state index in [0.29, 0.717) is 18.3 Å². The second kappa shape index (κ2) is 6.60. The van der Waals surface area contributed by atoms with Gasteiger partial charge in [0.25, 0.3) is 0 Å². The van der Waals surface area contributed by atoms with Gasteiger partial charge in [-0.1, -0.05) is 6.42 Å². The number of carbonyl (C=O) groups excluding carboxylic acids is 1. The van der Waals surface area contributed by atoms with E-state index in [0.717, 1.165) is 31.9 Å². The lowest BCUT2D eigenvalue weighted by atomic mass is 9.98. The predicted molar refractivity (Wildman–Crippen MR) is 68.2 cm³/mol. The number of ether oxygens (including phenoxy) is 1. The van der Waals surface area contributed by atoms with E-state index in [1.165, 1.54) is 19.3 Å². The Hall–Kier alpha value is -0.280. The van der Waals surface area contributed by atoms with Gasteiger partial charge in [-0.25, -0.2) is 0 Å². The summed E-state index contributed by atoms with van der Waals surface area (Å²) in [5, 5.41) is 3.04. The molecule has 2 aliphatic rings. The largest absolute Gasteiger partial charge is 0.378 e. The Balaban J connectivity index is 1.65. The number of carbonyl (C=O) groups is 1. The molecule has 1 aliphatic heterocycles. The molecule has 3 nitrogen and oxygen atoms in total. The Morgan fingerprint density at radius 2 is 2.06 bits per heavy atom. The summed E-state index contributed by atoms with van der Waals surface area (Å²) in [6, 6.07) is 0.